The average molecular weight is 371 g/mol. The maximum Gasteiger partial charge on any atom is 0.184 e. The van der Waals surface area contributed by atoms with Crippen LogP contribution in [0, 0.1) is 0 Å². The van der Waals surface area contributed by atoms with E-state index in [0.29, 0.717) is 0 Å². The molecule has 0 aromatic heterocycles. The lowest BCUT2D eigenvalue weighted by molar-refractivity contribution is -0.0698. The van der Waals surface area contributed by atoms with E-state index in [0.717, 1.165) is 41.3 Å². The summed E-state index contributed by atoms with van der Waals surface area (Å²) in [4.78, 5) is 2.14. The fraction of sp³-hybridized carbons (Fsp3) is 0.533. The lowest BCUT2D eigenvalue weighted by Gasteiger charge is -2.52. The highest BCUT2D eigenvalue weighted by molar-refractivity contribution is 9.10. The molecule has 1 aromatic carbocycles. The van der Waals surface area contributed by atoms with E-state index in [4.69, 9.17) is 21.7 Å². The van der Waals surface area contributed by atoms with Crippen molar-refractivity contribution < 1.29 is 9.47 Å². The zero-order valence-electron chi connectivity index (χ0n) is 12.2. The summed E-state index contributed by atoms with van der Waals surface area (Å²) in [6.07, 6.45) is 1.80. The lowest BCUT2D eigenvalue weighted by Crippen LogP contribution is -2.64. The first kappa shape index (κ1) is 15.1. The Balaban J connectivity index is 1.88. The standard InChI is InChI=1S/C15H19BrN2O2S/c1-15-9-12(11-8-10(16)4-5-13(11)20-15)17-14(21)18(15)6-3-7-19-2/h4-5,8,12H,3,6-7,9H2,1-2H3,(H,17,21). The zero-order valence-corrected chi connectivity index (χ0v) is 14.6. The Hall–Kier alpha value is -0.850. The molecule has 114 valence electrons. The summed E-state index contributed by atoms with van der Waals surface area (Å²) in [6, 6.07) is 6.35. The van der Waals surface area contributed by atoms with E-state index in [1.165, 1.54) is 5.56 Å². The number of ether oxygens (including phenoxy) is 2. The van der Waals surface area contributed by atoms with Gasteiger partial charge in [0.1, 0.15) is 5.75 Å². The summed E-state index contributed by atoms with van der Waals surface area (Å²) in [5, 5.41) is 4.21. The van der Waals surface area contributed by atoms with Crippen molar-refractivity contribution in [2.45, 2.75) is 31.5 Å². The molecule has 2 unspecified atom stereocenters. The van der Waals surface area contributed by atoms with Gasteiger partial charge in [-0.15, -0.1) is 0 Å². The molecule has 2 aliphatic heterocycles. The third kappa shape index (κ3) is 2.76. The molecule has 0 amide bonds. The molecule has 4 nitrogen and oxygen atoms in total. The maximum absolute atomic E-state index is 6.30. The molecule has 0 aliphatic carbocycles. The largest absolute Gasteiger partial charge is 0.468 e. The number of nitrogens with zero attached hydrogens (tertiary/aromatic N) is 1. The number of fused-ring (bicyclic) bond motifs is 4. The fourth-order valence-corrected chi connectivity index (χ4v) is 3.90. The Morgan fingerprint density at radius 3 is 3.14 bits per heavy atom. The van der Waals surface area contributed by atoms with Gasteiger partial charge in [-0.2, -0.15) is 0 Å². The van der Waals surface area contributed by atoms with Crippen LogP contribution in [0.3, 0.4) is 0 Å². The Morgan fingerprint density at radius 2 is 2.38 bits per heavy atom. The molecule has 2 aliphatic rings. The van der Waals surface area contributed by atoms with E-state index < -0.39 is 0 Å². The highest BCUT2D eigenvalue weighted by atomic mass is 79.9. The minimum atomic E-state index is -0.387. The fourth-order valence-electron chi connectivity index (χ4n) is 3.09. The minimum absolute atomic E-state index is 0.211. The summed E-state index contributed by atoms with van der Waals surface area (Å²) >= 11 is 9.07. The quantitative estimate of drug-likeness (QED) is 0.649. The molecule has 1 aromatic rings. The van der Waals surface area contributed by atoms with Crippen molar-refractivity contribution in [2.75, 3.05) is 20.3 Å². The summed E-state index contributed by atoms with van der Waals surface area (Å²) in [7, 11) is 1.72. The van der Waals surface area contributed by atoms with Crippen molar-refractivity contribution in [3.63, 3.8) is 0 Å². The number of nitrogens with one attached hydrogen (secondary N) is 1. The summed E-state index contributed by atoms with van der Waals surface area (Å²) < 4.78 is 12.5. The van der Waals surface area contributed by atoms with Gasteiger partial charge >= 0.3 is 0 Å². The van der Waals surface area contributed by atoms with Crippen molar-refractivity contribution in [3.05, 3.63) is 28.2 Å². The minimum Gasteiger partial charge on any atom is -0.468 e. The van der Waals surface area contributed by atoms with Crippen LogP contribution in [-0.2, 0) is 4.74 Å². The van der Waals surface area contributed by atoms with Gasteiger partial charge in [0, 0.05) is 36.7 Å². The summed E-state index contributed by atoms with van der Waals surface area (Å²) in [5.74, 6) is 0.934. The molecule has 2 bridgehead atoms. The second-order valence-electron chi connectivity index (χ2n) is 5.66. The van der Waals surface area contributed by atoms with E-state index in [9.17, 15) is 0 Å². The SMILES string of the molecule is COCCCN1C(=S)NC2CC1(C)Oc1ccc(Br)cc12. The summed E-state index contributed by atoms with van der Waals surface area (Å²) in [5.41, 5.74) is 0.780. The van der Waals surface area contributed by atoms with Gasteiger partial charge in [0.25, 0.3) is 0 Å². The van der Waals surface area contributed by atoms with Gasteiger partial charge in [0.05, 0.1) is 6.04 Å². The van der Waals surface area contributed by atoms with Crippen molar-refractivity contribution >= 4 is 33.3 Å². The third-order valence-corrected chi connectivity index (χ3v) is 4.94. The van der Waals surface area contributed by atoms with Crippen molar-refractivity contribution in [3.8, 4) is 5.75 Å². The van der Waals surface area contributed by atoms with Crippen LogP contribution in [-0.4, -0.2) is 36.0 Å². The topological polar surface area (TPSA) is 33.7 Å². The Labute approximate surface area is 138 Å². The van der Waals surface area contributed by atoms with Gasteiger partial charge in [-0.3, -0.25) is 0 Å². The van der Waals surface area contributed by atoms with E-state index in [1.807, 2.05) is 12.1 Å². The van der Waals surface area contributed by atoms with Gasteiger partial charge < -0.3 is 19.7 Å². The van der Waals surface area contributed by atoms with Crippen LogP contribution in [0.5, 0.6) is 5.75 Å². The zero-order chi connectivity index (χ0) is 15.0. The molecule has 2 atom stereocenters. The molecule has 0 radical (unpaired) electrons. The molecule has 1 fully saturated rings. The number of hydrogen-bond donors (Lipinski definition) is 1. The second kappa shape index (κ2) is 5.74. The molecule has 0 spiro atoms. The van der Waals surface area contributed by atoms with Crippen molar-refractivity contribution in [2.24, 2.45) is 0 Å². The van der Waals surface area contributed by atoms with Crippen LogP contribution in [0.4, 0.5) is 0 Å². The molecule has 2 heterocycles. The molecule has 21 heavy (non-hydrogen) atoms. The monoisotopic (exact) mass is 370 g/mol. The molecular formula is C15H19BrN2O2S. The van der Waals surface area contributed by atoms with Gasteiger partial charge in [0.2, 0.25) is 0 Å². The number of benzene rings is 1. The van der Waals surface area contributed by atoms with Crippen molar-refractivity contribution in [1.29, 1.82) is 0 Å². The first-order valence-corrected chi connectivity index (χ1v) is 8.29. The lowest BCUT2D eigenvalue weighted by atomic mass is 9.90. The van der Waals surface area contributed by atoms with Crippen molar-refractivity contribution in [1.82, 2.24) is 10.2 Å². The first-order valence-electron chi connectivity index (χ1n) is 7.09. The second-order valence-corrected chi connectivity index (χ2v) is 6.97. The summed E-state index contributed by atoms with van der Waals surface area (Å²) in [6.45, 7) is 3.67. The first-order chi connectivity index (χ1) is 10.0. The normalized spacial score (nSPS) is 26.9. The smallest absolute Gasteiger partial charge is 0.184 e. The van der Waals surface area contributed by atoms with Crippen LogP contribution in [0.15, 0.2) is 22.7 Å². The molecule has 3 rings (SSSR count). The van der Waals surface area contributed by atoms with Crippen LogP contribution >= 0.6 is 28.1 Å². The average Bonchev–Trinajstić information content (AvgIpc) is 2.43. The molecule has 1 N–H and O–H groups in total. The van der Waals surface area contributed by atoms with Crippen LogP contribution in [0.1, 0.15) is 31.4 Å². The third-order valence-electron chi connectivity index (χ3n) is 4.10. The number of hydrogen-bond acceptors (Lipinski definition) is 3. The molecule has 1 saturated heterocycles. The maximum atomic E-state index is 6.30. The van der Waals surface area contributed by atoms with Gasteiger partial charge in [-0.05, 0) is 43.8 Å². The molecule has 0 saturated carbocycles. The Bertz CT molecular complexity index is 569. The molecular weight excluding hydrogens is 352 g/mol. The van der Waals surface area contributed by atoms with Crippen LogP contribution < -0.4 is 10.1 Å². The number of thiocarbonyl (C=S) groups is 1. The van der Waals surface area contributed by atoms with Gasteiger partial charge in [0.15, 0.2) is 10.8 Å². The van der Waals surface area contributed by atoms with E-state index in [-0.39, 0.29) is 11.8 Å². The number of rotatable bonds is 4. The Kier molecular flexibility index (Phi) is 4.12. The highest BCUT2D eigenvalue weighted by Gasteiger charge is 2.47. The molecule has 6 heteroatoms. The highest BCUT2D eigenvalue weighted by Crippen LogP contribution is 2.44. The van der Waals surface area contributed by atoms with Crippen LogP contribution in [0.25, 0.3) is 0 Å². The van der Waals surface area contributed by atoms with E-state index in [1.54, 1.807) is 7.11 Å². The predicted molar refractivity (Wildman–Crippen MR) is 89.5 cm³/mol. The number of methoxy groups -OCH3 is 1. The van der Waals surface area contributed by atoms with E-state index >= 15 is 0 Å². The van der Waals surface area contributed by atoms with Gasteiger partial charge in [-0.25, -0.2) is 0 Å². The van der Waals surface area contributed by atoms with E-state index in [2.05, 4.69) is 39.1 Å². The predicted octanol–water partition coefficient (Wildman–Crippen LogP) is 3.22. The Morgan fingerprint density at radius 1 is 1.57 bits per heavy atom. The van der Waals surface area contributed by atoms with Crippen LogP contribution in [0.2, 0.25) is 0 Å². The van der Waals surface area contributed by atoms with Gasteiger partial charge in [-0.1, -0.05) is 15.9 Å². The number of halogens is 1.